The van der Waals surface area contributed by atoms with Gasteiger partial charge in [-0.15, -0.1) is 11.3 Å². The van der Waals surface area contributed by atoms with Gasteiger partial charge in [0.2, 0.25) is 0 Å². The molecule has 1 aliphatic heterocycles. The van der Waals surface area contributed by atoms with Gasteiger partial charge in [-0.1, -0.05) is 12.1 Å². The van der Waals surface area contributed by atoms with Crippen molar-refractivity contribution in [2.24, 2.45) is 0 Å². The maximum Gasteiger partial charge on any atom is 0.352 e. The first-order valence-electron chi connectivity index (χ1n) is 11.5. The van der Waals surface area contributed by atoms with E-state index in [0.29, 0.717) is 22.1 Å². The summed E-state index contributed by atoms with van der Waals surface area (Å²) in [4.78, 5) is 13.0. The van der Waals surface area contributed by atoms with Gasteiger partial charge in [-0.3, -0.25) is 0 Å². The average molecular weight is 547 g/mol. The molecule has 2 aromatic carbocycles. The summed E-state index contributed by atoms with van der Waals surface area (Å²) in [7, 11) is -4.51. The second-order valence-corrected chi connectivity index (χ2v) is 11.3. The van der Waals surface area contributed by atoms with Crippen LogP contribution in [0.5, 0.6) is 0 Å². The van der Waals surface area contributed by atoms with E-state index in [1.54, 1.807) is 19.2 Å². The van der Waals surface area contributed by atoms with E-state index in [1.807, 2.05) is 0 Å². The second kappa shape index (κ2) is 10.3. The molecule has 0 radical (unpaired) electrons. The van der Waals surface area contributed by atoms with Crippen LogP contribution < -0.4 is 10.0 Å². The van der Waals surface area contributed by atoms with Crippen molar-refractivity contribution >= 4 is 27.4 Å². The van der Waals surface area contributed by atoms with Crippen molar-refractivity contribution in [1.82, 2.24) is 20.3 Å². The molecule has 1 aliphatic rings. The Hall–Kier alpha value is -3.19. The van der Waals surface area contributed by atoms with Gasteiger partial charge in [0.1, 0.15) is 11.5 Å². The molecule has 0 bridgehead atoms. The van der Waals surface area contributed by atoms with E-state index in [2.05, 4.69) is 20.0 Å². The number of aromatic nitrogens is 3. The van der Waals surface area contributed by atoms with Gasteiger partial charge in [0, 0.05) is 17.7 Å². The van der Waals surface area contributed by atoms with Gasteiger partial charge in [-0.25, -0.2) is 28.1 Å². The number of hydrogen-bond acceptors (Lipinski definition) is 6. The number of hydrogen-bond donors (Lipinski definition) is 3. The van der Waals surface area contributed by atoms with E-state index < -0.39 is 38.4 Å². The van der Waals surface area contributed by atoms with Crippen molar-refractivity contribution < 1.29 is 21.9 Å². The van der Waals surface area contributed by atoms with Gasteiger partial charge in [0.05, 0.1) is 21.3 Å². The van der Waals surface area contributed by atoms with Crippen LogP contribution in [0.2, 0.25) is 0 Å². The normalized spacial score (nSPS) is 15.9. The Kier molecular flexibility index (Phi) is 7.08. The third-order valence-electron chi connectivity index (χ3n) is 6.04. The highest BCUT2D eigenvalue weighted by atomic mass is 32.3. The molecule has 3 heterocycles. The first-order chi connectivity index (χ1) is 17.7. The number of anilines is 1. The highest BCUT2D eigenvalue weighted by molar-refractivity contribution is 7.99. The summed E-state index contributed by atoms with van der Waals surface area (Å²) >= 11 is 1.43. The Bertz CT molecular complexity index is 1490. The third-order valence-corrected chi connectivity index (χ3v) is 8.72. The van der Waals surface area contributed by atoms with E-state index in [9.17, 15) is 17.5 Å². The number of benzene rings is 2. The number of nitrogens with zero attached hydrogens (tertiary/aromatic N) is 3. The van der Waals surface area contributed by atoms with E-state index in [-0.39, 0.29) is 11.5 Å². The zero-order chi connectivity index (χ0) is 26.2. The molecule has 3 N–H and O–H groups in total. The molecule has 192 valence electrons. The van der Waals surface area contributed by atoms with E-state index in [4.69, 9.17) is 4.98 Å². The number of aryl methyl sites for hydroxylation is 1. The number of nitrogens with one attached hydrogen (secondary N) is 2. The number of piperidine rings is 1. The lowest BCUT2D eigenvalue weighted by molar-refractivity contribution is 0.459. The van der Waals surface area contributed by atoms with Crippen LogP contribution in [0, 0.1) is 24.4 Å². The molecular formula is C25H23F3N5O2S2+. The van der Waals surface area contributed by atoms with Crippen molar-refractivity contribution in [2.45, 2.75) is 30.6 Å². The minimum atomic E-state index is -4.51. The standard InChI is InChI=1S/C25H22F3N5O2S2/c1-14-30-13-10-20(31-14)23-22(32-25(36-23)15-8-11-29-12-9-15)16-4-2-7-19(21(16)28)33-37(34,35)24-17(26)5-3-6-18(24)27/h2-7,10,13,15,29H,8-9,11-12H2,1H3,(H-,33,34,35)/p+1. The molecule has 12 heteroatoms. The molecule has 0 aliphatic carbocycles. The van der Waals surface area contributed by atoms with Gasteiger partial charge in [0.25, 0.3) is 4.90 Å². The first kappa shape index (κ1) is 25.5. The topological polar surface area (TPSA) is 100 Å². The summed E-state index contributed by atoms with van der Waals surface area (Å²) in [5, 5.41) is 4.17. The van der Waals surface area contributed by atoms with Gasteiger partial charge >= 0.3 is 10.4 Å². The van der Waals surface area contributed by atoms with Crippen LogP contribution in [0.15, 0.2) is 53.6 Å². The Balaban J connectivity index is 1.59. The molecule has 0 saturated carbocycles. The lowest BCUT2D eigenvalue weighted by atomic mass is 9.99. The molecule has 1 atom stereocenters. The van der Waals surface area contributed by atoms with Crippen LogP contribution in [0.4, 0.5) is 18.9 Å². The SMILES string of the molecule is Cc1nccc(-c2sc(C3CCNCC3)nc2-c2cccc(N[S+](=O)(O)c3c(F)cccc3F)c2F)n1. The largest absolute Gasteiger partial charge is 0.352 e. The van der Waals surface area contributed by atoms with Crippen molar-refractivity contribution in [2.75, 3.05) is 17.8 Å². The first-order valence-corrected chi connectivity index (χ1v) is 13.9. The molecule has 2 aromatic heterocycles. The van der Waals surface area contributed by atoms with Crippen LogP contribution in [-0.2, 0) is 14.6 Å². The number of halogens is 3. The zero-order valence-electron chi connectivity index (χ0n) is 19.7. The molecule has 4 aromatic rings. The second-order valence-electron chi connectivity index (χ2n) is 8.59. The van der Waals surface area contributed by atoms with Gasteiger partial charge in [0.15, 0.2) is 17.5 Å². The Morgan fingerprint density at radius 2 is 1.76 bits per heavy atom. The Labute approximate surface area is 216 Å². The minimum Gasteiger partial charge on any atom is -0.317 e. The fourth-order valence-electron chi connectivity index (χ4n) is 4.26. The van der Waals surface area contributed by atoms with Gasteiger partial charge < -0.3 is 5.32 Å². The molecule has 0 spiro atoms. The van der Waals surface area contributed by atoms with E-state index in [0.717, 1.165) is 49.1 Å². The van der Waals surface area contributed by atoms with Crippen LogP contribution in [0.25, 0.3) is 21.8 Å². The maximum absolute atomic E-state index is 15.9. The summed E-state index contributed by atoms with van der Waals surface area (Å²) in [6.45, 7) is 3.46. The summed E-state index contributed by atoms with van der Waals surface area (Å²) in [5.41, 5.74) is 0.586. The molecule has 7 nitrogen and oxygen atoms in total. The fourth-order valence-corrected chi connectivity index (χ4v) is 6.70. The van der Waals surface area contributed by atoms with Crippen LogP contribution in [0.3, 0.4) is 0 Å². The van der Waals surface area contributed by atoms with Crippen LogP contribution in [0.1, 0.15) is 29.6 Å². The van der Waals surface area contributed by atoms with Crippen LogP contribution in [-0.4, -0.2) is 32.6 Å². The van der Waals surface area contributed by atoms with Crippen molar-refractivity contribution in [3.05, 3.63) is 76.9 Å². The Morgan fingerprint density at radius 1 is 1.05 bits per heavy atom. The molecular weight excluding hydrogens is 523 g/mol. The lowest BCUT2D eigenvalue weighted by Crippen LogP contribution is -2.26. The highest BCUT2D eigenvalue weighted by Crippen LogP contribution is 2.42. The summed E-state index contributed by atoms with van der Waals surface area (Å²) in [6.07, 6.45) is 3.39. The molecule has 5 rings (SSSR count). The number of rotatable bonds is 6. The minimum absolute atomic E-state index is 0.0666. The predicted molar refractivity (Wildman–Crippen MR) is 137 cm³/mol. The van der Waals surface area contributed by atoms with Crippen LogP contribution >= 0.6 is 11.3 Å². The maximum atomic E-state index is 15.9. The summed E-state index contributed by atoms with van der Waals surface area (Å²) < 4.78 is 69.7. The molecule has 1 saturated heterocycles. The third kappa shape index (κ3) is 5.14. The van der Waals surface area contributed by atoms with Gasteiger partial charge in [-0.05, 0) is 67.4 Å². The summed E-state index contributed by atoms with van der Waals surface area (Å²) in [5.74, 6) is -2.57. The van der Waals surface area contributed by atoms with Crippen molar-refractivity contribution in [3.8, 4) is 21.8 Å². The fraction of sp³-hybridized carbons (Fsp3) is 0.240. The van der Waals surface area contributed by atoms with Crippen molar-refractivity contribution in [3.63, 3.8) is 0 Å². The lowest BCUT2D eigenvalue weighted by Gasteiger charge is -2.20. The van der Waals surface area contributed by atoms with E-state index >= 15 is 4.39 Å². The average Bonchev–Trinajstić information content (AvgIpc) is 3.31. The quantitative estimate of drug-likeness (QED) is 0.264. The predicted octanol–water partition coefficient (Wildman–Crippen LogP) is 5.82. The Morgan fingerprint density at radius 3 is 2.46 bits per heavy atom. The monoisotopic (exact) mass is 546 g/mol. The van der Waals surface area contributed by atoms with Crippen molar-refractivity contribution in [1.29, 1.82) is 0 Å². The van der Waals surface area contributed by atoms with E-state index in [1.165, 1.54) is 29.5 Å². The summed E-state index contributed by atoms with van der Waals surface area (Å²) in [6, 6.07) is 8.71. The molecule has 0 amide bonds. The molecule has 1 unspecified atom stereocenters. The number of thiazole rings is 1. The zero-order valence-corrected chi connectivity index (χ0v) is 21.3. The highest BCUT2D eigenvalue weighted by Gasteiger charge is 2.38. The van der Waals surface area contributed by atoms with Gasteiger partial charge in [-0.2, -0.15) is 9.27 Å². The smallest absolute Gasteiger partial charge is 0.317 e. The molecule has 37 heavy (non-hydrogen) atoms. The molecule has 1 fully saturated rings.